The number of alkyl halides is 2. The molecular weight excluding hydrogens is 577 g/mol. The van der Waals surface area contributed by atoms with Crippen molar-refractivity contribution in [3.8, 4) is 11.6 Å². The van der Waals surface area contributed by atoms with E-state index in [1.807, 2.05) is 6.07 Å². The summed E-state index contributed by atoms with van der Waals surface area (Å²) in [5.41, 5.74) is 2.87. The molecule has 0 aliphatic heterocycles. The summed E-state index contributed by atoms with van der Waals surface area (Å²) < 4.78 is 30.9. The average molecular weight is 613 g/mol. The number of ether oxygens (including phenoxy) is 1. The van der Waals surface area contributed by atoms with E-state index < -0.39 is 5.66 Å². The van der Waals surface area contributed by atoms with E-state index >= 15 is 0 Å². The molecule has 1 aliphatic rings. The summed E-state index contributed by atoms with van der Waals surface area (Å²) >= 11 is 6.10. The lowest BCUT2D eigenvalue weighted by Crippen LogP contribution is -2.06. The third kappa shape index (κ3) is 10.8. The lowest BCUT2D eigenvalue weighted by atomic mass is 10.1. The number of anilines is 1. The Kier molecular flexibility index (Phi) is 13.0. The van der Waals surface area contributed by atoms with Crippen LogP contribution in [0.3, 0.4) is 0 Å². The van der Waals surface area contributed by atoms with Crippen LogP contribution in [0.2, 0.25) is 5.02 Å². The van der Waals surface area contributed by atoms with Crippen molar-refractivity contribution in [1.82, 2.24) is 15.0 Å². The first-order valence-corrected chi connectivity index (χ1v) is 13.7. The number of benzene rings is 2. The minimum atomic E-state index is -2.80. The number of halogens is 3. The molecule has 42 heavy (non-hydrogen) atoms. The smallest absolute Gasteiger partial charge is 0.283 e. The minimum Gasteiger partial charge on any atom is -0.437 e. The predicted molar refractivity (Wildman–Crippen MR) is 173 cm³/mol. The van der Waals surface area contributed by atoms with E-state index in [0.717, 1.165) is 17.5 Å². The van der Waals surface area contributed by atoms with Crippen LogP contribution in [0.4, 0.5) is 14.5 Å². The standard InChI is InChI=1S/C14H11ClN4O2.C9H12.C8H9F2P.CH4/c1-8(20)19-11-3-2-9(6-10(11)15)21-14-13-12(4-5-16-13)17-7-18-14;1-8-4-3-5-9(2)7-6-8;1-6-3-2-4-7(5-6)8(9,10)11;/h2-7,16H,1H3,(H,19,20);3-4,6-7H,5H2,1-2H3;2-5H,11H2,1H3;1H4. The molecule has 0 saturated carbocycles. The number of aryl methyl sites for hydroxylation is 1. The number of hydrogen-bond donors (Lipinski definition) is 2. The maximum Gasteiger partial charge on any atom is 0.283 e. The molecule has 0 fully saturated rings. The summed E-state index contributed by atoms with van der Waals surface area (Å²) in [5, 5.41) is 3.02. The highest BCUT2D eigenvalue weighted by atomic mass is 35.5. The van der Waals surface area contributed by atoms with Gasteiger partial charge in [-0.05, 0) is 51.5 Å². The molecule has 5 rings (SSSR count). The van der Waals surface area contributed by atoms with Crippen molar-refractivity contribution in [3.63, 3.8) is 0 Å². The molecule has 0 saturated heterocycles. The average Bonchev–Trinajstić information content (AvgIpc) is 3.31. The van der Waals surface area contributed by atoms with E-state index in [-0.39, 0.29) is 18.9 Å². The molecule has 10 heteroatoms. The van der Waals surface area contributed by atoms with E-state index in [4.69, 9.17) is 16.3 Å². The number of carbonyl (C=O) groups excluding carboxylic acids is 1. The Morgan fingerprint density at radius 2 is 1.86 bits per heavy atom. The number of aromatic nitrogens is 3. The van der Waals surface area contributed by atoms with Crippen LogP contribution in [0.25, 0.3) is 11.0 Å². The van der Waals surface area contributed by atoms with E-state index in [2.05, 4.69) is 58.4 Å². The van der Waals surface area contributed by atoms with Gasteiger partial charge in [0.15, 0.2) is 0 Å². The summed E-state index contributed by atoms with van der Waals surface area (Å²) in [6.07, 6.45) is 13.0. The Balaban J connectivity index is 0.000000247. The second-order valence-corrected chi connectivity index (χ2v) is 10.5. The number of amides is 1. The van der Waals surface area contributed by atoms with Crippen LogP contribution < -0.4 is 10.1 Å². The number of carbonyl (C=O) groups is 1. The quantitative estimate of drug-likeness (QED) is 0.225. The zero-order valence-electron chi connectivity index (χ0n) is 23.2. The highest BCUT2D eigenvalue weighted by Gasteiger charge is 2.23. The maximum absolute atomic E-state index is 12.6. The van der Waals surface area contributed by atoms with Gasteiger partial charge < -0.3 is 15.0 Å². The van der Waals surface area contributed by atoms with Crippen LogP contribution >= 0.6 is 20.8 Å². The van der Waals surface area contributed by atoms with Crippen molar-refractivity contribution in [1.29, 1.82) is 0 Å². The summed E-state index contributed by atoms with van der Waals surface area (Å²) in [5.74, 6) is 0.742. The van der Waals surface area contributed by atoms with E-state index in [0.29, 0.717) is 27.9 Å². The number of rotatable bonds is 4. The molecule has 2 aromatic carbocycles. The molecule has 1 aliphatic carbocycles. The first kappa shape index (κ1) is 34.3. The topological polar surface area (TPSA) is 79.9 Å². The molecule has 2 N–H and O–H groups in total. The van der Waals surface area contributed by atoms with Gasteiger partial charge in [-0.15, -0.1) is 0 Å². The lowest BCUT2D eigenvalue weighted by molar-refractivity contribution is -0.114. The highest BCUT2D eigenvalue weighted by Crippen LogP contribution is 2.35. The number of fused-ring (bicyclic) bond motifs is 1. The predicted octanol–water partition coefficient (Wildman–Crippen LogP) is 9.76. The van der Waals surface area contributed by atoms with Crippen molar-refractivity contribution >= 4 is 43.5 Å². The number of hydrogen-bond acceptors (Lipinski definition) is 4. The zero-order valence-corrected chi connectivity index (χ0v) is 25.1. The molecule has 222 valence electrons. The highest BCUT2D eigenvalue weighted by molar-refractivity contribution is 7.17. The minimum absolute atomic E-state index is 0. The lowest BCUT2D eigenvalue weighted by Gasteiger charge is -2.09. The number of nitrogens with one attached hydrogen (secondary N) is 2. The van der Waals surface area contributed by atoms with Crippen LogP contribution in [-0.2, 0) is 10.5 Å². The second-order valence-electron chi connectivity index (χ2n) is 9.36. The van der Waals surface area contributed by atoms with Gasteiger partial charge in [0, 0.05) is 24.8 Å². The molecule has 1 amide bonds. The molecule has 0 spiro atoms. The second kappa shape index (κ2) is 15.9. The summed E-state index contributed by atoms with van der Waals surface area (Å²) in [6, 6.07) is 13.1. The van der Waals surface area contributed by atoms with Gasteiger partial charge in [0.25, 0.3) is 5.66 Å². The van der Waals surface area contributed by atoms with E-state index in [1.165, 1.54) is 45.8 Å². The van der Waals surface area contributed by atoms with Gasteiger partial charge in [0.05, 0.1) is 16.2 Å². The van der Waals surface area contributed by atoms with Gasteiger partial charge in [-0.3, -0.25) is 4.79 Å². The molecule has 2 heterocycles. The van der Waals surface area contributed by atoms with Gasteiger partial charge in [0.1, 0.15) is 17.6 Å². The number of nitrogens with zero attached hydrogens (tertiary/aromatic N) is 2. The molecule has 6 nitrogen and oxygen atoms in total. The van der Waals surface area contributed by atoms with Crippen molar-refractivity contribution in [3.05, 3.63) is 113 Å². The van der Waals surface area contributed by atoms with E-state index in [1.54, 1.807) is 43.5 Å². The Morgan fingerprint density at radius 3 is 2.50 bits per heavy atom. The van der Waals surface area contributed by atoms with Crippen LogP contribution in [0, 0.1) is 6.92 Å². The molecule has 1 unspecified atom stereocenters. The van der Waals surface area contributed by atoms with Crippen LogP contribution in [-0.4, -0.2) is 20.9 Å². The third-order valence-corrected chi connectivity index (χ3v) is 6.28. The third-order valence-electron chi connectivity index (χ3n) is 5.63. The van der Waals surface area contributed by atoms with Crippen molar-refractivity contribution in [2.75, 3.05) is 5.32 Å². The maximum atomic E-state index is 12.6. The zero-order chi connectivity index (χ0) is 30.0. The Bertz CT molecular complexity index is 1590. The molecule has 0 bridgehead atoms. The summed E-state index contributed by atoms with van der Waals surface area (Å²) in [7, 11) is 1.52. The number of allylic oxidation sites excluding steroid dienone is 6. The van der Waals surface area contributed by atoms with Crippen molar-refractivity contribution < 1.29 is 18.3 Å². The van der Waals surface area contributed by atoms with Gasteiger partial charge in [0.2, 0.25) is 11.8 Å². The van der Waals surface area contributed by atoms with Crippen LogP contribution in [0.1, 0.15) is 45.7 Å². The van der Waals surface area contributed by atoms with Crippen molar-refractivity contribution in [2.45, 2.75) is 47.2 Å². The summed E-state index contributed by atoms with van der Waals surface area (Å²) in [4.78, 5) is 22.3. The molecule has 4 aromatic rings. The Morgan fingerprint density at radius 1 is 1.10 bits per heavy atom. The fourth-order valence-electron chi connectivity index (χ4n) is 3.57. The van der Waals surface area contributed by atoms with Gasteiger partial charge in [-0.2, -0.15) is 13.8 Å². The van der Waals surface area contributed by atoms with Crippen LogP contribution in [0.5, 0.6) is 11.6 Å². The molecule has 2 aromatic heterocycles. The van der Waals surface area contributed by atoms with Gasteiger partial charge in [-0.25, -0.2) is 4.98 Å². The van der Waals surface area contributed by atoms with Gasteiger partial charge in [-0.1, -0.05) is 87.5 Å². The first-order valence-electron chi connectivity index (χ1n) is 12.7. The summed E-state index contributed by atoms with van der Waals surface area (Å²) in [6.45, 7) is 7.48. The van der Waals surface area contributed by atoms with Crippen molar-refractivity contribution in [2.24, 2.45) is 0 Å². The SMILES string of the molecule is C.CC(=O)Nc1ccc(Oc2ncnc3cc[nH]c23)cc1Cl.CC1=CC=C(C)CC=C1.Cc1cccc(C(F)(F)P)c1. The normalized spacial score (nSPS) is 12.3. The fraction of sp³-hybridized carbons (Fsp3) is 0.219. The Labute approximate surface area is 253 Å². The molecular formula is C32H36ClF2N4O2P. The first-order chi connectivity index (χ1) is 19.4. The number of H-pyrrole nitrogens is 1. The Hall–Kier alpha value is -3.87. The van der Waals surface area contributed by atoms with E-state index in [9.17, 15) is 13.6 Å². The molecule has 1 atom stereocenters. The van der Waals surface area contributed by atoms with Crippen LogP contribution in [0.15, 0.2) is 96.5 Å². The van der Waals surface area contributed by atoms with Gasteiger partial charge >= 0.3 is 0 Å². The molecule has 0 radical (unpaired) electrons. The fourth-order valence-corrected chi connectivity index (χ4v) is 3.97. The monoisotopic (exact) mass is 612 g/mol. The largest absolute Gasteiger partial charge is 0.437 e. The number of aromatic amines is 1.